The van der Waals surface area contributed by atoms with Gasteiger partial charge in [0.05, 0.1) is 8.07 Å². The van der Waals surface area contributed by atoms with Gasteiger partial charge in [-0.1, -0.05) is 116 Å². The van der Waals surface area contributed by atoms with E-state index < -0.39 is 8.07 Å². The molecule has 0 N–H and O–H groups in total. The lowest BCUT2D eigenvalue weighted by Gasteiger charge is -2.43. The Balaban J connectivity index is 1.57. The maximum Gasteiger partial charge on any atom is 0.0859 e. The molecule has 0 aliphatic heterocycles. The Hall–Kier alpha value is -2.90. The molecule has 0 spiro atoms. The summed E-state index contributed by atoms with van der Waals surface area (Å²) in [5.74, 6) is 0. The van der Waals surface area contributed by atoms with Crippen LogP contribution in [0, 0.1) is 0 Å². The van der Waals surface area contributed by atoms with E-state index in [1.54, 1.807) is 0 Å². The summed E-state index contributed by atoms with van der Waals surface area (Å²) in [7, 11) is -1.96. The third-order valence-corrected chi connectivity index (χ3v) is 12.9. The predicted molar refractivity (Wildman–Crippen MR) is 126 cm³/mol. The number of rotatable bonds is 3. The summed E-state index contributed by atoms with van der Waals surface area (Å²) in [6, 6.07) is 27.0. The topological polar surface area (TPSA) is 0 Å². The van der Waals surface area contributed by atoms with Crippen LogP contribution in [0.4, 0.5) is 0 Å². The summed E-state index contributed by atoms with van der Waals surface area (Å²) in [6.45, 7) is 2.65. The molecule has 0 aromatic heterocycles. The van der Waals surface area contributed by atoms with Gasteiger partial charge in [0.2, 0.25) is 0 Å². The fourth-order valence-corrected chi connectivity index (χ4v) is 11.4. The average molecular weight is 389 g/mol. The molecule has 0 bridgehead atoms. The minimum absolute atomic E-state index is 0.514. The van der Waals surface area contributed by atoms with Crippen LogP contribution in [0.2, 0.25) is 6.55 Å². The minimum atomic E-state index is -1.96. The second kappa shape index (κ2) is 6.30. The first-order chi connectivity index (χ1) is 14.3. The van der Waals surface area contributed by atoms with E-state index in [9.17, 15) is 0 Å². The van der Waals surface area contributed by atoms with E-state index in [-0.39, 0.29) is 0 Å². The SMILES string of the molecule is C[Si]([C@@H]1C=Cc2ccccc21)([C@H]1C=Cc2ccccc21)[C@H]1C=Cc2ccccc21. The largest absolute Gasteiger partial charge is 0.0859 e. The van der Waals surface area contributed by atoms with Gasteiger partial charge in [0.15, 0.2) is 0 Å². The maximum atomic E-state index is 2.65. The Morgan fingerprint density at radius 2 is 0.793 bits per heavy atom. The van der Waals surface area contributed by atoms with Crippen LogP contribution in [-0.4, -0.2) is 8.07 Å². The number of hydrogen-bond acceptors (Lipinski definition) is 0. The van der Waals surface area contributed by atoms with Gasteiger partial charge in [-0.3, -0.25) is 0 Å². The van der Waals surface area contributed by atoms with Crippen LogP contribution in [-0.2, 0) is 0 Å². The van der Waals surface area contributed by atoms with Gasteiger partial charge in [0.25, 0.3) is 0 Å². The monoisotopic (exact) mass is 388 g/mol. The van der Waals surface area contributed by atoms with E-state index in [4.69, 9.17) is 0 Å². The molecule has 3 atom stereocenters. The van der Waals surface area contributed by atoms with Crippen molar-refractivity contribution >= 4 is 26.3 Å². The van der Waals surface area contributed by atoms with Crippen molar-refractivity contribution in [3.63, 3.8) is 0 Å². The molecule has 0 saturated heterocycles. The van der Waals surface area contributed by atoms with Gasteiger partial charge in [-0.05, 0) is 50.0 Å². The molecule has 0 fully saturated rings. The standard InChI is InChI=1S/C28H24Si/c1-29(26-17-14-20-8-2-5-11-23(20)26,27-18-15-21-9-3-6-12-24(21)27)28-19-16-22-10-4-7-13-25(22)28/h2-19,26-28H,1H3/t26-,27-,28+/m0/s1. The molecule has 140 valence electrons. The lowest BCUT2D eigenvalue weighted by molar-refractivity contribution is 0.958. The summed E-state index contributed by atoms with van der Waals surface area (Å²) in [4.78, 5) is 0. The normalized spacial score (nSPS) is 23.3. The highest BCUT2D eigenvalue weighted by Crippen LogP contribution is 2.54. The molecule has 0 radical (unpaired) electrons. The maximum absolute atomic E-state index is 2.65. The van der Waals surface area contributed by atoms with Gasteiger partial charge in [0.1, 0.15) is 0 Å². The zero-order valence-corrected chi connectivity index (χ0v) is 17.6. The first kappa shape index (κ1) is 17.0. The van der Waals surface area contributed by atoms with E-state index in [1.807, 2.05) is 0 Å². The Kier molecular flexibility index (Phi) is 3.69. The van der Waals surface area contributed by atoms with Gasteiger partial charge in [0, 0.05) is 0 Å². The second-order valence-electron chi connectivity index (χ2n) is 8.76. The van der Waals surface area contributed by atoms with Crippen LogP contribution in [0.15, 0.2) is 91.0 Å². The molecular formula is C28H24Si. The van der Waals surface area contributed by atoms with Crippen LogP contribution in [0.3, 0.4) is 0 Å². The van der Waals surface area contributed by atoms with Gasteiger partial charge in [-0.2, -0.15) is 0 Å². The molecule has 6 rings (SSSR count). The number of benzene rings is 3. The summed E-state index contributed by atoms with van der Waals surface area (Å²) >= 11 is 0. The van der Waals surface area contributed by atoms with Crippen molar-refractivity contribution in [2.75, 3.05) is 0 Å². The zero-order valence-electron chi connectivity index (χ0n) is 16.6. The molecule has 0 amide bonds. The number of fused-ring (bicyclic) bond motifs is 3. The minimum Gasteiger partial charge on any atom is -0.0790 e. The van der Waals surface area contributed by atoms with Crippen molar-refractivity contribution in [3.05, 3.63) is 124 Å². The van der Waals surface area contributed by atoms with E-state index in [0.29, 0.717) is 16.6 Å². The summed E-state index contributed by atoms with van der Waals surface area (Å²) < 4.78 is 0. The van der Waals surface area contributed by atoms with E-state index in [0.717, 1.165) is 0 Å². The average Bonchev–Trinajstić information content (AvgIpc) is 3.49. The molecule has 3 aliphatic carbocycles. The quantitative estimate of drug-likeness (QED) is 0.419. The van der Waals surface area contributed by atoms with Crippen LogP contribution in [0.5, 0.6) is 0 Å². The van der Waals surface area contributed by atoms with Crippen molar-refractivity contribution in [1.82, 2.24) is 0 Å². The molecule has 0 unspecified atom stereocenters. The van der Waals surface area contributed by atoms with E-state index >= 15 is 0 Å². The third kappa shape index (κ3) is 2.37. The fraction of sp³-hybridized carbons (Fsp3) is 0.143. The third-order valence-electron chi connectivity index (χ3n) is 7.41. The van der Waals surface area contributed by atoms with Gasteiger partial charge < -0.3 is 0 Å². The molecule has 0 nitrogen and oxygen atoms in total. The molecule has 3 aromatic rings. The highest BCUT2D eigenvalue weighted by atomic mass is 28.3. The van der Waals surface area contributed by atoms with Crippen LogP contribution in [0.25, 0.3) is 18.2 Å². The smallest absolute Gasteiger partial charge is 0.0790 e. The molecule has 0 heterocycles. The Bertz CT molecular complexity index is 1050. The lowest BCUT2D eigenvalue weighted by Crippen LogP contribution is -2.48. The lowest BCUT2D eigenvalue weighted by atomic mass is 10.1. The first-order valence-electron chi connectivity index (χ1n) is 10.6. The van der Waals surface area contributed by atoms with Crippen LogP contribution in [0.1, 0.15) is 50.0 Å². The number of allylic oxidation sites excluding steroid dienone is 3. The van der Waals surface area contributed by atoms with E-state index in [1.165, 1.54) is 33.4 Å². The van der Waals surface area contributed by atoms with Crippen molar-refractivity contribution in [2.45, 2.75) is 23.2 Å². The molecule has 3 aromatic carbocycles. The summed E-state index contributed by atoms with van der Waals surface area (Å²) in [5, 5.41) is 0. The molecular weight excluding hydrogens is 364 g/mol. The summed E-state index contributed by atoms with van der Waals surface area (Å²) in [6.07, 6.45) is 14.6. The second-order valence-corrected chi connectivity index (χ2v) is 13.4. The Morgan fingerprint density at radius 1 is 0.483 bits per heavy atom. The van der Waals surface area contributed by atoms with Crippen molar-refractivity contribution in [3.8, 4) is 0 Å². The Labute approximate surface area is 173 Å². The van der Waals surface area contributed by atoms with Crippen LogP contribution >= 0.6 is 0 Å². The van der Waals surface area contributed by atoms with Crippen molar-refractivity contribution < 1.29 is 0 Å². The fourth-order valence-electron chi connectivity index (χ4n) is 5.96. The van der Waals surface area contributed by atoms with Crippen LogP contribution < -0.4 is 0 Å². The first-order valence-corrected chi connectivity index (χ1v) is 13.3. The van der Waals surface area contributed by atoms with Gasteiger partial charge >= 0.3 is 0 Å². The molecule has 29 heavy (non-hydrogen) atoms. The van der Waals surface area contributed by atoms with Crippen molar-refractivity contribution in [2.24, 2.45) is 0 Å². The van der Waals surface area contributed by atoms with E-state index in [2.05, 4.69) is 116 Å². The Morgan fingerprint density at radius 3 is 1.14 bits per heavy atom. The molecule has 1 heteroatoms. The highest BCUT2D eigenvalue weighted by Gasteiger charge is 2.51. The highest BCUT2D eigenvalue weighted by molar-refractivity contribution is 6.84. The summed E-state index contributed by atoms with van der Waals surface area (Å²) in [5.41, 5.74) is 10.3. The van der Waals surface area contributed by atoms with Gasteiger partial charge in [-0.25, -0.2) is 0 Å². The zero-order chi connectivity index (χ0) is 19.4. The number of hydrogen-bond donors (Lipinski definition) is 0. The van der Waals surface area contributed by atoms with Gasteiger partial charge in [-0.15, -0.1) is 0 Å². The molecule has 3 aliphatic rings. The van der Waals surface area contributed by atoms with Crippen molar-refractivity contribution in [1.29, 1.82) is 0 Å². The predicted octanol–water partition coefficient (Wildman–Crippen LogP) is 7.11. The molecule has 0 saturated carbocycles.